The Bertz CT molecular complexity index is 541. The number of hydrogen-bond donors (Lipinski definition) is 0. The Morgan fingerprint density at radius 2 is 1.60 bits per heavy atom. The molecule has 0 radical (unpaired) electrons. The molecule has 0 saturated carbocycles. The maximum Gasteiger partial charge on any atom is 0.143 e. The van der Waals surface area contributed by atoms with Crippen molar-refractivity contribution >= 4 is 11.5 Å². The summed E-state index contributed by atoms with van der Waals surface area (Å²) in [5, 5.41) is 0. The Balaban J connectivity index is 1.34. The number of ketones is 1. The average molecular weight is 344 g/mol. The van der Waals surface area contributed by atoms with Crippen LogP contribution >= 0.6 is 0 Å². The molecule has 0 atom stereocenters. The number of aryl methyl sites for hydroxylation is 1. The van der Waals surface area contributed by atoms with Gasteiger partial charge in [-0.1, -0.05) is 17.7 Å². The van der Waals surface area contributed by atoms with Crippen molar-refractivity contribution in [1.29, 1.82) is 0 Å². The van der Waals surface area contributed by atoms with Gasteiger partial charge in [-0.2, -0.15) is 0 Å². The highest BCUT2D eigenvalue weighted by Gasteiger charge is 2.22. The number of carbonyl (C=O) groups excluding carboxylic acids is 1. The summed E-state index contributed by atoms with van der Waals surface area (Å²) in [6.07, 6.45) is 3.84. The van der Waals surface area contributed by atoms with E-state index in [1.54, 1.807) is 6.92 Å². The molecule has 1 aromatic carbocycles. The van der Waals surface area contributed by atoms with Gasteiger partial charge in [-0.05, 0) is 70.8 Å². The lowest BCUT2D eigenvalue weighted by molar-refractivity contribution is -0.118. The van der Waals surface area contributed by atoms with Gasteiger partial charge in [-0.15, -0.1) is 0 Å². The highest BCUT2D eigenvalue weighted by Crippen LogP contribution is 2.22. The van der Waals surface area contributed by atoms with Crippen LogP contribution < -0.4 is 4.90 Å². The van der Waals surface area contributed by atoms with E-state index >= 15 is 0 Å². The molecular formula is C21H33N3O. The number of likely N-dealkylation sites (tertiary alicyclic amines) is 1. The molecular weight excluding hydrogens is 310 g/mol. The summed E-state index contributed by atoms with van der Waals surface area (Å²) in [6.45, 7) is 12.6. The van der Waals surface area contributed by atoms with Crippen LogP contribution in [0.15, 0.2) is 24.3 Å². The van der Waals surface area contributed by atoms with Crippen molar-refractivity contribution < 1.29 is 4.79 Å². The zero-order valence-corrected chi connectivity index (χ0v) is 15.9. The molecule has 0 aliphatic carbocycles. The predicted octanol–water partition coefficient (Wildman–Crippen LogP) is 2.81. The van der Waals surface area contributed by atoms with Crippen LogP contribution in [0, 0.1) is 12.8 Å². The molecule has 0 amide bonds. The number of hydrogen-bond acceptors (Lipinski definition) is 4. The summed E-state index contributed by atoms with van der Waals surface area (Å²) in [5.74, 6) is 1.14. The van der Waals surface area contributed by atoms with Crippen molar-refractivity contribution in [2.45, 2.75) is 33.1 Å². The standard InChI is InChI=1S/C21H33N3O/c1-18-3-5-21(6-4-18)24-15-13-22(14-16-24)10-7-20-8-11-23(12-9-20)17-19(2)25/h3-6,20H,7-17H2,1-2H3. The van der Waals surface area contributed by atoms with Crippen LogP contribution in [0.3, 0.4) is 0 Å². The van der Waals surface area contributed by atoms with E-state index in [0.29, 0.717) is 12.3 Å². The number of Topliss-reactive ketones (excluding diaryl/α,β-unsaturated/α-hetero) is 1. The van der Waals surface area contributed by atoms with Gasteiger partial charge in [-0.3, -0.25) is 14.6 Å². The molecule has 138 valence electrons. The summed E-state index contributed by atoms with van der Waals surface area (Å²) in [7, 11) is 0. The molecule has 25 heavy (non-hydrogen) atoms. The number of carbonyl (C=O) groups is 1. The molecule has 0 unspecified atom stereocenters. The Labute approximate surface area is 152 Å². The zero-order valence-electron chi connectivity index (χ0n) is 15.9. The van der Waals surface area contributed by atoms with Crippen LogP contribution in [0.1, 0.15) is 31.7 Å². The van der Waals surface area contributed by atoms with Gasteiger partial charge >= 0.3 is 0 Å². The van der Waals surface area contributed by atoms with Crippen molar-refractivity contribution in [1.82, 2.24) is 9.80 Å². The normalized spacial score (nSPS) is 20.8. The van der Waals surface area contributed by atoms with E-state index in [9.17, 15) is 4.79 Å². The first-order valence-electron chi connectivity index (χ1n) is 9.86. The summed E-state index contributed by atoms with van der Waals surface area (Å²) >= 11 is 0. The maximum absolute atomic E-state index is 11.2. The lowest BCUT2D eigenvalue weighted by Crippen LogP contribution is -2.47. The van der Waals surface area contributed by atoms with E-state index < -0.39 is 0 Å². The SMILES string of the molecule is CC(=O)CN1CCC(CCN2CCN(c3ccc(C)cc3)CC2)CC1. The molecule has 1 aromatic rings. The van der Waals surface area contributed by atoms with E-state index in [0.717, 1.165) is 32.1 Å². The number of anilines is 1. The summed E-state index contributed by atoms with van der Waals surface area (Å²) in [4.78, 5) is 18.7. The lowest BCUT2D eigenvalue weighted by atomic mass is 9.93. The van der Waals surface area contributed by atoms with E-state index in [1.165, 1.54) is 50.1 Å². The van der Waals surface area contributed by atoms with E-state index in [4.69, 9.17) is 0 Å². The molecule has 0 spiro atoms. The fraction of sp³-hybridized carbons (Fsp3) is 0.667. The molecule has 2 aliphatic rings. The van der Waals surface area contributed by atoms with E-state index in [1.807, 2.05) is 0 Å². The first-order chi connectivity index (χ1) is 12.1. The monoisotopic (exact) mass is 343 g/mol. The van der Waals surface area contributed by atoms with Crippen LogP contribution in [-0.2, 0) is 4.79 Å². The van der Waals surface area contributed by atoms with E-state index in [2.05, 4.69) is 45.9 Å². The van der Waals surface area contributed by atoms with Crippen molar-refractivity contribution in [3.8, 4) is 0 Å². The second kappa shape index (κ2) is 8.81. The van der Waals surface area contributed by atoms with Crippen LogP contribution in [0.25, 0.3) is 0 Å². The first-order valence-corrected chi connectivity index (χ1v) is 9.86. The van der Waals surface area contributed by atoms with Crippen LogP contribution in [-0.4, -0.2) is 67.9 Å². The van der Waals surface area contributed by atoms with Gasteiger partial charge in [0.1, 0.15) is 5.78 Å². The lowest BCUT2D eigenvalue weighted by Gasteiger charge is -2.37. The van der Waals surface area contributed by atoms with Gasteiger partial charge in [0.25, 0.3) is 0 Å². The van der Waals surface area contributed by atoms with Crippen LogP contribution in [0.5, 0.6) is 0 Å². The van der Waals surface area contributed by atoms with Gasteiger partial charge in [0.15, 0.2) is 0 Å². The number of rotatable bonds is 6. The van der Waals surface area contributed by atoms with Crippen molar-refractivity contribution in [3.63, 3.8) is 0 Å². The molecule has 0 bridgehead atoms. The van der Waals surface area contributed by atoms with Gasteiger partial charge in [0, 0.05) is 31.9 Å². The Hall–Kier alpha value is -1.39. The van der Waals surface area contributed by atoms with Crippen LogP contribution in [0.2, 0.25) is 0 Å². The largest absolute Gasteiger partial charge is 0.369 e. The number of piperazine rings is 1. The van der Waals surface area contributed by atoms with Gasteiger partial charge < -0.3 is 4.90 Å². The number of piperidine rings is 1. The molecule has 2 fully saturated rings. The third kappa shape index (κ3) is 5.55. The highest BCUT2D eigenvalue weighted by atomic mass is 16.1. The Morgan fingerprint density at radius 1 is 0.960 bits per heavy atom. The Kier molecular flexibility index (Phi) is 6.49. The summed E-state index contributed by atoms with van der Waals surface area (Å²) < 4.78 is 0. The highest BCUT2D eigenvalue weighted by molar-refractivity contribution is 5.77. The van der Waals surface area contributed by atoms with Gasteiger partial charge in [0.05, 0.1) is 6.54 Å². The predicted molar refractivity (Wildman–Crippen MR) is 104 cm³/mol. The van der Waals surface area contributed by atoms with Gasteiger partial charge in [-0.25, -0.2) is 0 Å². The summed E-state index contributed by atoms with van der Waals surface area (Å²) in [5.41, 5.74) is 2.69. The molecule has 4 heteroatoms. The molecule has 2 saturated heterocycles. The fourth-order valence-corrected chi connectivity index (χ4v) is 4.10. The topological polar surface area (TPSA) is 26.8 Å². The summed E-state index contributed by atoms with van der Waals surface area (Å²) in [6, 6.07) is 8.92. The van der Waals surface area contributed by atoms with Gasteiger partial charge in [0.2, 0.25) is 0 Å². The minimum absolute atomic E-state index is 0.296. The average Bonchev–Trinajstić information content (AvgIpc) is 2.62. The minimum Gasteiger partial charge on any atom is -0.369 e. The molecule has 4 nitrogen and oxygen atoms in total. The quantitative estimate of drug-likeness (QED) is 0.794. The number of nitrogens with zero attached hydrogens (tertiary/aromatic N) is 3. The van der Waals surface area contributed by atoms with Crippen molar-refractivity contribution in [2.24, 2.45) is 5.92 Å². The minimum atomic E-state index is 0.296. The smallest absolute Gasteiger partial charge is 0.143 e. The molecule has 2 aliphatic heterocycles. The fourth-order valence-electron chi connectivity index (χ4n) is 4.10. The first kappa shape index (κ1) is 18.4. The van der Waals surface area contributed by atoms with Crippen molar-refractivity contribution in [2.75, 3.05) is 57.3 Å². The molecule has 3 rings (SSSR count). The second-order valence-corrected chi connectivity index (χ2v) is 7.87. The van der Waals surface area contributed by atoms with Crippen molar-refractivity contribution in [3.05, 3.63) is 29.8 Å². The zero-order chi connectivity index (χ0) is 17.6. The third-order valence-corrected chi connectivity index (χ3v) is 5.78. The maximum atomic E-state index is 11.2. The van der Waals surface area contributed by atoms with E-state index in [-0.39, 0.29) is 0 Å². The second-order valence-electron chi connectivity index (χ2n) is 7.87. The third-order valence-electron chi connectivity index (χ3n) is 5.78. The molecule has 0 N–H and O–H groups in total. The molecule has 0 aromatic heterocycles. The number of benzene rings is 1. The molecule has 2 heterocycles. The Morgan fingerprint density at radius 3 is 2.20 bits per heavy atom. The van der Waals surface area contributed by atoms with Crippen LogP contribution in [0.4, 0.5) is 5.69 Å².